The number of hydrogen-bond acceptors (Lipinski definition) is 3. The van der Waals surface area contributed by atoms with Gasteiger partial charge >= 0.3 is 5.97 Å². The molecule has 0 aliphatic carbocycles. The van der Waals surface area contributed by atoms with Crippen LogP contribution in [0.3, 0.4) is 0 Å². The standard InChI is InChI=1S/C13H16N2O3/c1-3-6-10(14)12(16)15(2)11-8-5-4-7-9(11)13(17)18/h3-5,7-8,10H,1,6,14H2,2H3,(H,17,18). The van der Waals surface area contributed by atoms with Gasteiger partial charge in [0.05, 0.1) is 17.3 Å². The van der Waals surface area contributed by atoms with E-state index in [1.54, 1.807) is 24.3 Å². The summed E-state index contributed by atoms with van der Waals surface area (Å²) < 4.78 is 0. The van der Waals surface area contributed by atoms with Crippen molar-refractivity contribution in [1.82, 2.24) is 0 Å². The maximum absolute atomic E-state index is 12.0. The van der Waals surface area contributed by atoms with Crippen molar-refractivity contribution in [2.45, 2.75) is 12.5 Å². The number of para-hydroxylation sites is 1. The molecular formula is C13H16N2O3. The highest BCUT2D eigenvalue weighted by molar-refractivity contribution is 6.03. The van der Waals surface area contributed by atoms with Crippen LogP contribution < -0.4 is 10.6 Å². The van der Waals surface area contributed by atoms with Gasteiger partial charge in [-0.1, -0.05) is 18.2 Å². The highest BCUT2D eigenvalue weighted by Crippen LogP contribution is 2.19. The van der Waals surface area contributed by atoms with E-state index >= 15 is 0 Å². The first kappa shape index (κ1) is 13.9. The van der Waals surface area contributed by atoms with Crippen molar-refractivity contribution in [3.8, 4) is 0 Å². The molecule has 18 heavy (non-hydrogen) atoms. The molecule has 1 rings (SSSR count). The second-order valence-corrected chi connectivity index (χ2v) is 3.85. The number of aromatic carboxylic acids is 1. The predicted octanol–water partition coefficient (Wildman–Crippen LogP) is 1.25. The Kier molecular flexibility index (Phi) is 4.62. The highest BCUT2D eigenvalue weighted by atomic mass is 16.4. The molecule has 0 bridgehead atoms. The normalized spacial score (nSPS) is 11.7. The van der Waals surface area contributed by atoms with Gasteiger partial charge in [-0.15, -0.1) is 6.58 Å². The molecule has 0 saturated heterocycles. The van der Waals surface area contributed by atoms with Gasteiger partial charge in [0.2, 0.25) is 5.91 Å². The van der Waals surface area contributed by atoms with E-state index in [0.717, 1.165) is 0 Å². The SMILES string of the molecule is C=CCC(N)C(=O)N(C)c1ccccc1C(=O)O. The molecule has 1 amide bonds. The summed E-state index contributed by atoms with van der Waals surface area (Å²) in [5.41, 5.74) is 6.08. The zero-order chi connectivity index (χ0) is 13.7. The molecule has 3 N–H and O–H groups in total. The number of carbonyl (C=O) groups excluding carboxylic acids is 1. The van der Waals surface area contributed by atoms with Crippen LogP contribution in [0.25, 0.3) is 0 Å². The van der Waals surface area contributed by atoms with Crippen molar-refractivity contribution in [2.24, 2.45) is 5.73 Å². The number of anilines is 1. The lowest BCUT2D eigenvalue weighted by Gasteiger charge is -2.22. The van der Waals surface area contributed by atoms with Gasteiger partial charge < -0.3 is 15.7 Å². The second-order valence-electron chi connectivity index (χ2n) is 3.85. The van der Waals surface area contributed by atoms with E-state index in [9.17, 15) is 9.59 Å². The molecule has 1 aromatic carbocycles. The van der Waals surface area contributed by atoms with E-state index in [-0.39, 0.29) is 11.5 Å². The number of rotatable bonds is 5. The Balaban J connectivity index is 3.03. The van der Waals surface area contributed by atoms with E-state index in [0.29, 0.717) is 12.1 Å². The molecule has 5 nitrogen and oxygen atoms in total. The number of benzene rings is 1. The van der Waals surface area contributed by atoms with E-state index in [1.807, 2.05) is 0 Å². The van der Waals surface area contributed by atoms with Gasteiger partial charge in [-0.25, -0.2) is 4.79 Å². The third kappa shape index (κ3) is 2.95. The van der Waals surface area contributed by atoms with E-state index in [2.05, 4.69) is 6.58 Å². The number of nitrogens with zero attached hydrogens (tertiary/aromatic N) is 1. The summed E-state index contributed by atoms with van der Waals surface area (Å²) in [4.78, 5) is 24.3. The van der Waals surface area contributed by atoms with Crippen LogP contribution in [0.4, 0.5) is 5.69 Å². The van der Waals surface area contributed by atoms with E-state index < -0.39 is 12.0 Å². The predicted molar refractivity (Wildman–Crippen MR) is 69.6 cm³/mol. The Hall–Kier alpha value is -2.14. The molecule has 0 spiro atoms. The molecule has 96 valence electrons. The number of likely N-dealkylation sites (N-methyl/N-ethyl adjacent to an activating group) is 1. The molecule has 0 aromatic heterocycles. The van der Waals surface area contributed by atoms with Crippen LogP contribution in [-0.2, 0) is 4.79 Å². The molecule has 0 saturated carbocycles. The molecule has 1 atom stereocenters. The largest absolute Gasteiger partial charge is 0.478 e. The Morgan fingerprint density at radius 1 is 1.50 bits per heavy atom. The number of nitrogens with two attached hydrogens (primary N) is 1. The molecule has 0 heterocycles. The maximum Gasteiger partial charge on any atom is 0.337 e. The summed E-state index contributed by atoms with van der Waals surface area (Å²) in [6.45, 7) is 3.52. The third-order valence-electron chi connectivity index (χ3n) is 2.56. The molecule has 1 unspecified atom stereocenters. The van der Waals surface area contributed by atoms with E-state index in [4.69, 9.17) is 10.8 Å². The third-order valence-corrected chi connectivity index (χ3v) is 2.56. The molecule has 0 aliphatic rings. The Morgan fingerprint density at radius 3 is 2.67 bits per heavy atom. The topological polar surface area (TPSA) is 83.6 Å². The van der Waals surface area contributed by atoms with Gasteiger partial charge in [0, 0.05) is 7.05 Å². The summed E-state index contributed by atoms with van der Waals surface area (Å²) in [6.07, 6.45) is 1.90. The first-order valence-electron chi connectivity index (χ1n) is 5.45. The number of amides is 1. The molecule has 5 heteroatoms. The number of carboxylic acid groups (broad SMARTS) is 1. The molecule has 0 aliphatic heterocycles. The van der Waals surface area contributed by atoms with Crippen molar-refractivity contribution >= 4 is 17.6 Å². The summed E-state index contributed by atoms with van der Waals surface area (Å²) in [5.74, 6) is -1.42. The summed E-state index contributed by atoms with van der Waals surface area (Å²) in [6, 6.07) is 5.58. The zero-order valence-electron chi connectivity index (χ0n) is 10.2. The van der Waals surface area contributed by atoms with Crippen molar-refractivity contribution in [3.05, 3.63) is 42.5 Å². The van der Waals surface area contributed by atoms with Crippen molar-refractivity contribution < 1.29 is 14.7 Å². The second kappa shape index (κ2) is 5.97. The van der Waals surface area contributed by atoms with Gasteiger partial charge in [-0.3, -0.25) is 4.79 Å². The number of carbonyl (C=O) groups is 2. The zero-order valence-corrected chi connectivity index (χ0v) is 10.2. The molecule has 0 radical (unpaired) electrons. The van der Waals surface area contributed by atoms with Crippen LogP contribution in [0.2, 0.25) is 0 Å². The van der Waals surface area contributed by atoms with Gasteiger partial charge in [0.15, 0.2) is 0 Å². The molecule has 1 aromatic rings. The van der Waals surface area contributed by atoms with Gasteiger partial charge in [0.1, 0.15) is 0 Å². The number of carboxylic acids is 1. The Bertz CT molecular complexity index is 471. The fourth-order valence-electron chi connectivity index (χ4n) is 1.59. The summed E-state index contributed by atoms with van der Waals surface area (Å²) in [7, 11) is 1.51. The average molecular weight is 248 g/mol. The van der Waals surface area contributed by atoms with Crippen molar-refractivity contribution in [2.75, 3.05) is 11.9 Å². The molecule has 0 fully saturated rings. The summed E-state index contributed by atoms with van der Waals surface area (Å²) >= 11 is 0. The van der Waals surface area contributed by atoms with Crippen LogP contribution in [0.15, 0.2) is 36.9 Å². The summed E-state index contributed by atoms with van der Waals surface area (Å²) in [5, 5.41) is 9.05. The first-order chi connectivity index (χ1) is 8.49. The van der Waals surface area contributed by atoms with Crippen molar-refractivity contribution in [1.29, 1.82) is 0 Å². The van der Waals surface area contributed by atoms with Crippen LogP contribution in [0, 0.1) is 0 Å². The Labute approximate surface area is 106 Å². The van der Waals surface area contributed by atoms with Gasteiger partial charge in [0.25, 0.3) is 0 Å². The smallest absolute Gasteiger partial charge is 0.337 e. The van der Waals surface area contributed by atoms with Crippen molar-refractivity contribution in [3.63, 3.8) is 0 Å². The lowest BCUT2D eigenvalue weighted by molar-refractivity contribution is -0.119. The van der Waals surface area contributed by atoms with Gasteiger partial charge in [-0.2, -0.15) is 0 Å². The lowest BCUT2D eigenvalue weighted by Crippen LogP contribution is -2.42. The van der Waals surface area contributed by atoms with Crippen LogP contribution in [-0.4, -0.2) is 30.1 Å². The number of hydrogen-bond donors (Lipinski definition) is 2. The first-order valence-corrected chi connectivity index (χ1v) is 5.45. The fourth-order valence-corrected chi connectivity index (χ4v) is 1.59. The Morgan fingerprint density at radius 2 is 2.11 bits per heavy atom. The monoisotopic (exact) mass is 248 g/mol. The van der Waals surface area contributed by atoms with Crippen LogP contribution >= 0.6 is 0 Å². The quantitative estimate of drug-likeness (QED) is 0.768. The fraction of sp³-hybridized carbons (Fsp3) is 0.231. The highest BCUT2D eigenvalue weighted by Gasteiger charge is 2.21. The minimum absolute atomic E-state index is 0.0687. The van der Waals surface area contributed by atoms with Crippen LogP contribution in [0.5, 0.6) is 0 Å². The van der Waals surface area contributed by atoms with Gasteiger partial charge in [-0.05, 0) is 18.6 Å². The average Bonchev–Trinajstić information content (AvgIpc) is 2.37. The minimum atomic E-state index is -1.08. The van der Waals surface area contributed by atoms with E-state index in [1.165, 1.54) is 18.0 Å². The molecular weight excluding hydrogens is 232 g/mol. The maximum atomic E-state index is 12.0. The minimum Gasteiger partial charge on any atom is -0.478 e. The lowest BCUT2D eigenvalue weighted by atomic mass is 10.1. The van der Waals surface area contributed by atoms with Crippen LogP contribution in [0.1, 0.15) is 16.8 Å².